The highest BCUT2D eigenvalue weighted by Gasteiger charge is 2.12. The van der Waals surface area contributed by atoms with Gasteiger partial charge in [-0.3, -0.25) is 4.79 Å². The highest BCUT2D eigenvalue weighted by atomic mass is 16.5. The first-order valence-corrected chi connectivity index (χ1v) is 8.37. The Morgan fingerprint density at radius 3 is 2.62 bits per heavy atom. The topological polar surface area (TPSA) is 86.7 Å². The summed E-state index contributed by atoms with van der Waals surface area (Å²) >= 11 is 0. The van der Waals surface area contributed by atoms with Crippen LogP contribution < -0.4 is 5.56 Å². The molecule has 0 atom stereocenters. The van der Waals surface area contributed by atoms with Crippen LogP contribution in [0.4, 0.5) is 0 Å². The van der Waals surface area contributed by atoms with E-state index in [9.17, 15) is 4.79 Å². The van der Waals surface area contributed by atoms with Gasteiger partial charge in [0.25, 0.3) is 5.56 Å². The van der Waals surface area contributed by atoms with Gasteiger partial charge < -0.3 is 4.52 Å². The molecule has 4 rings (SSSR count). The summed E-state index contributed by atoms with van der Waals surface area (Å²) in [6.07, 6.45) is 0. The zero-order valence-electron chi connectivity index (χ0n) is 14.5. The standard InChI is InChI=1S/C19H17N5O2/c1-12(2)13-7-9-14(10-8-13)18-20-17(26-22-18)11-24-19(25)15-5-3-4-6-16(15)21-23-24/h3-10,12H,11H2,1-2H3. The quantitative estimate of drug-likeness (QED) is 0.564. The number of benzene rings is 2. The maximum Gasteiger partial charge on any atom is 0.278 e. The predicted octanol–water partition coefficient (Wildman–Crippen LogP) is 3.01. The second-order valence-electron chi connectivity index (χ2n) is 6.36. The molecule has 0 aliphatic carbocycles. The van der Waals surface area contributed by atoms with Crippen molar-refractivity contribution in [3.63, 3.8) is 0 Å². The van der Waals surface area contributed by atoms with Crippen molar-refractivity contribution >= 4 is 10.9 Å². The lowest BCUT2D eigenvalue weighted by Gasteiger charge is -2.04. The van der Waals surface area contributed by atoms with Crippen LogP contribution in [0.25, 0.3) is 22.3 Å². The third-order valence-corrected chi connectivity index (χ3v) is 4.22. The third kappa shape index (κ3) is 2.99. The summed E-state index contributed by atoms with van der Waals surface area (Å²) < 4.78 is 6.50. The molecule has 0 aliphatic rings. The molecule has 130 valence electrons. The largest absolute Gasteiger partial charge is 0.337 e. The van der Waals surface area contributed by atoms with Crippen LogP contribution in [0, 0.1) is 0 Å². The molecule has 0 aliphatic heterocycles. The lowest BCUT2D eigenvalue weighted by atomic mass is 10.0. The zero-order valence-corrected chi connectivity index (χ0v) is 14.5. The van der Waals surface area contributed by atoms with Crippen LogP contribution in [-0.4, -0.2) is 25.1 Å². The monoisotopic (exact) mass is 347 g/mol. The van der Waals surface area contributed by atoms with E-state index in [1.54, 1.807) is 18.2 Å². The Labute approximate surface area is 149 Å². The van der Waals surface area contributed by atoms with Crippen LogP contribution in [0.2, 0.25) is 0 Å². The summed E-state index contributed by atoms with van der Waals surface area (Å²) in [5, 5.41) is 12.5. The molecule has 0 fully saturated rings. The second-order valence-corrected chi connectivity index (χ2v) is 6.36. The molecule has 0 saturated carbocycles. The summed E-state index contributed by atoms with van der Waals surface area (Å²) in [4.78, 5) is 16.8. The maximum atomic E-state index is 12.5. The van der Waals surface area contributed by atoms with Crippen molar-refractivity contribution in [3.05, 3.63) is 70.3 Å². The number of hydrogen-bond acceptors (Lipinski definition) is 6. The summed E-state index contributed by atoms with van der Waals surface area (Å²) in [6, 6.07) is 15.1. The molecule has 7 nitrogen and oxygen atoms in total. The van der Waals surface area contributed by atoms with Gasteiger partial charge in [-0.15, -0.1) is 5.10 Å². The Morgan fingerprint density at radius 1 is 1.08 bits per heavy atom. The van der Waals surface area contributed by atoms with Gasteiger partial charge in [0.1, 0.15) is 12.1 Å². The molecule has 2 heterocycles. The molecule has 0 saturated heterocycles. The molecule has 4 aromatic rings. The van der Waals surface area contributed by atoms with Gasteiger partial charge in [0.15, 0.2) is 0 Å². The fourth-order valence-corrected chi connectivity index (χ4v) is 2.71. The first kappa shape index (κ1) is 16.1. The van der Waals surface area contributed by atoms with Crippen molar-refractivity contribution < 1.29 is 4.52 Å². The fourth-order valence-electron chi connectivity index (χ4n) is 2.71. The van der Waals surface area contributed by atoms with E-state index < -0.39 is 0 Å². The average Bonchev–Trinajstić information content (AvgIpc) is 3.13. The predicted molar refractivity (Wildman–Crippen MR) is 96.7 cm³/mol. The van der Waals surface area contributed by atoms with Gasteiger partial charge in [-0.25, -0.2) is 4.68 Å². The molecule has 0 bridgehead atoms. The Kier molecular flexibility index (Phi) is 4.04. The van der Waals surface area contributed by atoms with Crippen molar-refractivity contribution in [1.82, 2.24) is 25.1 Å². The molecule has 26 heavy (non-hydrogen) atoms. The van der Waals surface area contributed by atoms with Crippen LogP contribution in [0.15, 0.2) is 57.8 Å². The molecule has 2 aromatic carbocycles. The Morgan fingerprint density at radius 2 is 1.85 bits per heavy atom. The van der Waals surface area contributed by atoms with E-state index in [0.29, 0.717) is 28.5 Å². The smallest absolute Gasteiger partial charge is 0.278 e. The Balaban J connectivity index is 1.61. The minimum Gasteiger partial charge on any atom is -0.337 e. The van der Waals surface area contributed by atoms with Crippen molar-refractivity contribution in [2.24, 2.45) is 0 Å². The summed E-state index contributed by atoms with van der Waals surface area (Å²) in [6.45, 7) is 4.36. The van der Waals surface area contributed by atoms with Crippen LogP contribution in [0.1, 0.15) is 31.2 Å². The number of fused-ring (bicyclic) bond motifs is 1. The van der Waals surface area contributed by atoms with Gasteiger partial charge in [0.05, 0.1) is 5.39 Å². The SMILES string of the molecule is CC(C)c1ccc(-c2noc(Cn3nnc4ccccc4c3=O)n2)cc1. The van der Waals surface area contributed by atoms with Crippen molar-refractivity contribution in [1.29, 1.82) is 0 Å². The van der Waals surface area contributed by atoms with E-state index in [4.69, 9.17) is 4.52 Å². The van der Waals surface area contributed by atoms with E-state index >= 15 is 0 Å². The van der Waals surface area contributed by atoms with Crippen molar-refractivity contribution in [2.75, 3.05) is 0 Å². The van der Waals surface area contributed by atoms with Crippen LogP contribution >= 0.6 is 0 Å². The summed E-state index contributed by atoms with van der Waals surface area (Å²) in [7, 11) is 0. The van der Waals surface area contributed by atoms with Crippen LogP contribution in [0.3, 0.4) is 0 Å². The molecule has 2 aromatic heterocycles. The Hall–Kier alpha value is -3.35. The first-order valence-electron chi connectivity index (χ1n) is 8.37. The Bertz CT molecular complexity index is 1110. The molecular weight excluding hydrogens is 330 g/mol. The highest BCUT2D eigenvalue weighted by Crippen LogP contribution is 2.20. The zero-order chi connectivity index (χ0) is 18.1. The van der Waals surface area contributed by atoms with Crippen molar-refractivity contribution in [2.45, 2.75) is 26.3 Å². The van der Waals surface area contributed by atoms with Gasteiger partial charge in [-0.2, -0.15) is 4.98 Å². The minimum absolute atomic E-state index is 0.0771. The number of hydrogen-bond donors (Lipinski definition) is 0. The van der Waals surface area contributed by atoms with Crippen molar-refractivity contribution in [3.8, 4) is 11.4 Å². The number of nitrogens with zero attached hydrogens (tertiary/aromatic N) is 5. The first-order chi connectivity index (χ1) is 12.6. The van der Waals surface area contributed by atoms with E-state index in [1.807, 2.05) is 18.2 Å². The maximum absolute atomic E-state index is 12.5. The average molecular weight is 347 g/mol. The molecule has 0 spiro atoms. The third-order valence-electron chi connectivity index (χ3n) is 4.22. The number of rotatable bonds is 4. The summed E-state index contributed by atoms with van der Waals surface area (Å²) in [5.41, 5.74) is 2.43. The van der Waals surface area contributed by atoms with Crippen LogP contribution in [0.5, 0.6) is 0 Å². The van der Waals surface area contributed by atoms with Gasteiger partial charge in [0.2, 0.25) is 11.7 Å². The summed E-state index contributed by atoms with van der Waals surface area (Å²) in [5.74, 6) is 1.25. The minimum atomic E-state index is -0.239. The lowest BCUT2D eigenvalue weighted by molar-refractivity contribution is 0.361. The molecule has 0 amide bonds. The fraction of sp³-hybridized carbons (Fsp3) is 0.211. The van der Waals surface area contributed by atoms with E-state index in [0.717, 1.165) is 5.56 Å². The van der Waals surface area contributed by atoms with Gasteiger partial charge in [0, 0.05) is 5.56 Å². The van der Waals surface area contributed by atoms with Gasteiger partial charge in [-0.1, -0.05) is 60.6 Å². The van der Waals surface area contributed by atoms with Crippen LogP contribution in [-0.2, 0) is 6.54 Å². The second kappa shape index (κ2) is 6.51. The molecular formula is C19H17N5O2. The van der Waals surface area contributed by atoms with Gasteiger partial charge in [-0.05, 0) is 23.6 Å². The molecule has 7 heteroatoms. The number of aromatic nitrogens is 5. The highest BCUT2D eigenvalue weighted by molar-refractivity contribution is 5.76. The molecule has 0 radical (unpaired) electrons. The van der Waals surface area contributed by atoms with E-state index in [1.165, 1.54) is 10.2 Å². The van der Waals surface area contributed by atoms with Gasteiger partial charge >= 0.3 is 0 Å². The van der Waals surface area contributed by atoms with E-state index in [-0.39, 0.29) is 12.1 Å². The molecule has 0 N–H and O–H groups in total. The molecule has 0 unspecified atom stereocenters. The normalized spacial score (nSPS) is 11.3. The van der Waals surface area contributed by atoms with E-state index in [2.05, 4.69) is 46.4 Å². The lowest BCUT2D eigenvalue weighted by Crippen LogP contribution is -2.24.